The minimum Gasteiger partial charge on any atom is -0.461 e. The lowest BCUT2D eigenvalue weighted by Crippen LogP contribution is -2.33. The number of fused-ring (bicyclic) bond motifs is 3. The van der Waals surface area contributed by atoms with Crippen LogP contribution in [0.5, 0.6) is 5.75 Å². The molecule has 8 heteroatoms. The van der Waals surface area contributed by atoms with Gasteiger partial charge >= 0.3 is 6.18 Å². The van der Waals surface area contributed by atoms with Crippen molar-refractivity contribution in [3.63, 3.8) is 0 Å². The van der Waals surface area contributed by atoms with Crippen molar-refractivity contribution in [1.29, 1.82) is 0 Å². The van der Waals surface area contributed by atoms with E-state index in [0.29, 0.717) is 35.6 Å². The molecule has 36 heavy (non-hydrogen) atoms. The first-order valence-electron chi connectivity index (χ1n) is 11.7. The van der Waals surface area contributed by atoms with Gasteiger partial charge in [0.05, 0.1) is 29.1 Å². The van der Waals surface area contributed by atoms with Crippen LogP contribution in [0, 0.1) is 5.41 Å². The Kier molecular flexibility index (Phi) is 4.87. The minimum absolute atomic E-state index is 0.0153. The highest BCUT2D eigenvalue weighted by atomic mass is 19.4. The molecular formula is C28H22F3N3O2. The topological polar surface area (TPSA) is 57.0 Å². The van der Waals surface area contributed by atoms with Crippen LogP contribution >= 0.6 is 0 Å². The Hall–Kier alpha value is -3.94. The summed E-state index contributed by atoms with van der Waals surface area (Å²) in [5, 5.41) is 10.4. The van der Waals surface area contributed by atoms with Gasteiger partial charge in [-0.2, -0.15) is 13.2 Å². The van der Waals surface area contributed by atoms with E-state index in [9.17, 15) is 18.0 Å². The van der Waals surface area contributed by atoms with Crippen LogP contribution in [-0.2, 0) is 11.0 Å². The molecule has 2 aliphatic rings. The third-order valence-electron chi connectivity index (χ3n) is 6.87. The number of alkyl halides is 3. The predicted molar refractivity (Wildman–Crippen MR) is 128 cm³/mol. The molecule has 1 aromatic heterocycles. The number of allylic oxidation sites excluding steroid dienone is 2. The molecule has 0 radical (unpaired) electrons. The van der Waals surface area contributed by atoms with Crippen molar-refractivity contribution in [3.8, 4) is 11.4 Å². The highest BCUT2D eigenvalue weighted by Gasteiger charge is 2.43. The van der Waals surface area contributed by atoms with Crippen LogP contribution in [0.2, 0.25) is 0 Å². The number of hydrogen-bond donors (Lipinski definition) is 0. The van der Waals surface area contributed by atoms with Gasteiger partial charge in [-0.3, -0.25) is 4.79 Å². The van der Waals surface area contributed by atoms with Gasteiger partial charge in [0.15, 0.2) is 5.78 Å². The van der Waals surface area contributed by atoms with Gasteiger partial charge in [0.1, 0.15) is 11.5 Å². The molecule has 5 nitrogen and oxygen atoms in total. The molecule has 1 unspecified atom stereocenters. The van der Waals surface area contributed by atoms with E-state index >= 15 is 0 Å². The number of carbonyl (C=O) groups excluding carboxylic acids is 1. The maximum absolute atomic E-state index is 13.5. The minimum atomic E-state index is -4.47. The molecule has 0 amide bonds. The summed E-state index contributed by atoms with van der Waals surface area (Å²) in [5.74, 6) is 0.714. The first-order chi connectivity index (χ1) is 17.1. The van der Waals surface area contributed by atoms with Crippen LogP contribution in [0.1, 0.15) is 49.4 Å². The van der Waals surface area contributed by atoms with E-state index in [-0.39, 0.29) is 16.9 Å². The first-order valence-corrected chi connectivity index (χ1v) is 11.7. The molecule has 0 N–H and O–H groups in total. The normalized spacial score (nSPS) is 19.1. The molecule has 182 valence electrons. The summed E-state index contributed by atoms with van der Waals surface area (Å²) in [7, 11) is 0. The molecule has 0 bridgehead atoms. The van der Waals surface area contributed by atoms with Gasteiger partial charge in [-0.1, -0.05) is 55.5 Å². The lowest BCUT2D eigenvalue weighted by molar-refractivity contribution is -0.137. The number of carbonyl (C=O) groups is 1. The van der Waals surface area contributed by atoms with Crippen molar-refractivity contribution in [2.75, 3.05) is 0 Å². The first kappa shape index (κ1) is 22.5. The van der Waals surface area contributed by atoms with E-state index in [1.165, 1.54) is 10.7 Å². The van der Waals surface area contributed by atoms with Crippen molar-refractivity contribution in [3.05, 3.63) is 95.0 Å². The maximum atomic E-state index is 13.5. The monoisotopic (exact) mass is 489 g/mol. The molecule has 3 aromatic carbocycles. The molecule has 4 aromatic rings. The van der Waals surface area contributed by atoms with Gasteiger partial charge in [-0.15, -0.1) is 5.10 Å². The quantitative estimate of drug-likeness (QED) is 0.318. The molecule has 2 heterocycles. The van der Waals surface area contributed by atoms with Crippen LogP contribution in [0.3, 0.4) is 0 Å². The smallest absolute Gasteiger partial charge is 0.416 e. The van der Waals surface area contributed by atoms with E-state index < -0.39 is 17.7 Å². The zero-order valence-corrected chi connectivity index (χ0v) is 19.6. The number of rotatable bonds is 2. The molecule has 0 spiro atoms. The summed E-state index contributed by atoms with van der Waals surface area (Å²) in [6.45, 7) is 4.07. The third-order valence-corrected chi connectivity index (χ3v) is 6.87. The summed E-state index contributed by atoms with van der Waals surface area (Å²) in [6.07, 6.45) is -1.90. The lowest BCUT2D eigenvalue weighted by atomic mass is 9.70. The molecule has 1 atom stereocenters. The van der Waals surface area contributed by atoms with E-state index in [1.807, 2.05) is 50.2 Å². The number of hydrogen-bond acceptors (Lipinski definition) is 4. The van der Waals surface area contributed by atoms with Crippen LogP contribution in [0.4, 0.5) is 13.2 Å². The van der Waals surface area contributed by atoms with Gasteiger partial charge in [0.2, 0.25) is 0 Å². The Labute approximate surface area is 205 Å². The fraction of sp³-hybridized carbons (Fsp3) is 0.250. The van der Waals surface area contributed by atoms with E-state index in [0.717, 1.165) is 28.5 Å². The van der Waals surface area contributed by atoms with Crippen LogP contribution in [-0.4, -0.2) is 20.8 Å². The van der Waals surface area contributed by atoms with Gasteiger partial charge in [0, 0.05) is 24.0 Å². The maximum Gasteiger partial charge on any atom is 0.416 e. The average molecular weight is 489 g/mol. The van der Waals surface area contributed by atoms with Crippen LogP contribution in [0.15, 0.2) is 78.2 Å². The fourth-order valence-electron chi connectivity index (χ4n) is 5.29. The summed E-state index contributed by atoms with van der Waals surface area (Å²) in [5.41, 5.74) is 1.07. The Balaban J connectivity index is 1.54. The highest BCUT2D eigenvalue weighted by molar-refractivity contribution is 6.02. The van der Waals surface area contributed by atoms with Gasteiger partial charge in [-0.25, -0.2) is 4.68 Å². The second kappa shape index (κ2) is 7.78. The molecule has 1 aliphatic heterocycles. The standard InChI is InChI=1S/C28H22F3N3O2/c1-27(2)13-21(35)26-23(14-27)36-22-11-10-16-6-3-4-9-19(16)24(22)25(26)20-15-34(33-32-20)18-8-5-7-17(12-18)28(29,30)31/h3-12,15,25H,13-14H2,1-2H3. The van der Waals surface area contributed by atoms with E-state index in [4.69, 9.17) is 4.74 Å². The van der Waals surface area contributed by atoms with Crippen LogP contribution in [0.25, 0.3) is 16.5 Å². The Morgan fingerprint density at radius 2 is 1.83 bits per heavy atom. The summed E-state index contributed by atoms with van der Waals surface area (Å²) in [4.78, 5) is 13.5. The van der Waals surface area contributed by atoms with Crippen LogP contribution < -0.4 is 4.74 Å². The second-order valence-electron chi connectivity index (χ2n) is 10.1. The SMILES string of the molecule is CC1(C)CC(=O)C2=C(C1)Oc1ccc3ccccc3c1C2c1cn(-c2cccc(C(F)(F)F)c2)nn1. The molecule has 6 rings (SSSR count). The Bertz CT molecular complexity index is 1570. The molecule has 1 aliphatic carbocycles. The van der Waals surface area contributed by atoms with Crippen molar-refractivity contribution in [1.82, 2.24) is 15.0 Å². The fourth-order valence-corrected chi connectivity index (χ4v) is 5.29. The second-order valence-corrected chi connectivity index (χ2v) is 10.1. The van der Waals surface area contributed by atoms with Crippen molar-refractivity contribution < 1.29 is 22.7 Å². The summed E-state index contributed by atoms with van der Waals surface area (Å²) in [6, 6.07) is 16.6. The molecule has 0 fully saturated rings. The largest absolute Gasteiger partial charge is 0.461 e. The Morgan fingerprint density at radius 3 is 2.64 bits per heavy atom. The van der Waals surface area contributed by atoms with Crippen molar-refractivity contribution in [2.45, 2.75) is 38.8 Å². The summed E-state index contributed by atoms with van der Waals surface area (Å²) >= 11 is 0. The number of Topliss-reactive ketones (excluding diaryl/α,β-unsaturated/α-hetero) is 1. The molecule has 0 saturated carbocycles. The zero-order chi connectivity index (χ0) is 25.2. The summed E-state index contributed by atoms with van der Waals surface area (Å²) < 4.78 is 47.5. The highest BCUT2D eigenvalue weighted by Crippen LogP contribution is 2.51. The van der Waals surface area contributed by atoms with Gasteiger partial charge < -0.3 is 4.74 Å². The third kappa shape index (κ3) is 3.68. The predicted octanol–water partition coefficient (Wildman–Crippen LogP) is 6.61. The number of halogens is 3. The van der Waals surface area contributed by atoms with Crippen molar-refractivity contribution >= 4 is 16.6 Å². The van der Waals surface area contributed by atoms with Gasteiger partial charge in [0.25, 0.3) is 0 Å². The lowest BCUT2D eigenvalue weighted by Gasteiger charge is -2.38. The van der Waals surface area contributed by atoms with Crippen molar-refractivity contribution in [2.24, 2.45) is 5.41 Å². The van der Waals surface area contributed by atoms with Gasteiger partial charge in [-0.05, 0) is 40.5 Å². The number of ketones is 1. The zero-order valence-electron chi connectivity index (χ0n) is 19.6. The number of nitrogens with zero attached hydrogens (tertiary/aromatic N) is 3. The average Bonchev–Trinajstić information content (AvgIpc) is 3.31. The molecular weight excluding hydrogens is 467 g/mol. The number of aromatic nitrogens is 3. The number of benzene rings is 3. The molecule has 0 saturated heterocycles. The van der Waals surface area contributed by atoms with E-state index in [1.54, 1.807) is 12.3 Å². The number of ether oxygens (including phenoxy) is 1. The van der Waals surface area contributed by atoms with E-state index in [2.05, 4.69) is 10.3 Å². The Morgan fingerprint density at radius 1 is 1.03 bits per heavy atom.